The third-order valence-corrected chi connectivity index (χ3v) is 3.67. The first-order chi connectivity index (χ1) is 7.78. The van der Waals surface area contributed by atoms with Crippen LogP contribution in [0.5, 0.6) is 0 Å². The van der Waals surface area contributed by atoms with Crippen LogP contribution in [0.3, 0.4) is 0 Å². The second kappa shape index (κ2) is 3.55. The van der Waals surface area contributed by atoms with Crippen molar-refractivity contribution in [1.29, 1.82) is 0 Å². The Kier molecular flexibility index (Phi) is 2.52. The summed E-state index contributed by atoms with van der Waals surface area (Å²) in [7, 11) is 0. The summed E-state index contributed by atoms with van der Waals surface area (Å²) in [6.07, 6.45) is 0. The lowest BCUT2D eigenvalue weighted by atomic mass is 9.97. The van der Waals surface area contributed by atoms with Crippen LogP contribution >= 0.6 is 0 Å². The van der Waals surface area contributed by atoms with Crippen LogP contribution in [0.15, 0.2) is 29.3 Å². The van der Waals surface area contributed by atoms with Crippen molar-refractivity contribution >= 4 is 11.4 Å². The van der Waals surface area contributed by atoms with Crippen molar-refractivity contribution in [2.75, 3.05) is 5.73 Å². The van der Waals surface area contributed by atoms with Gasteiger partial charge in [-0.15, -0.1) is 5.06 Å². The van der Waals surface area contributed by atoms with Gasteiger partial charge in [0.25, 0.3) is 0 Å². The maximum Gasteiger partial charge on any atom is 0.158 e. The normalized spacial score (nSPS) is 28.2. The quantitative estimate of drug-likeness (QED) is 0.732. The average Bonchev–Trinajstić information content (AvgIpc) is 2.42. The Balaban J connectivity index is 2.48. The molecule has 1 heterocycles. The van der Waals surface area contributed by atoms with E-state index >= 15 is 0 Å². The van der Waals surface area contributed by atoms with Crippen molar-refractivity contribution < 1.29 is 5.21 Å². The zero-order valence-corrected chi connectivity index (χ0v) is 10.7. The molecule has 0 unspecified atom stereocenters. The Bertz CT molecular complexity index is 464. The summed E-state index contributed by atoms with van der Waals surface area (Å²) in [5, 5.41) is 11.7. The topological polar surface area (TPSA) is 61.8 Å². The van der Waals surface area contributed by atoms with Gasteiger partial charge in [0.15, 0.2) is 5.66 Å². The van der Waals surface area contributed by atoms with E-state index in [9.17, 15) is 5.21 Å². The number of benzene rings is 1. The van der Waals surface area contributed by atoms with Crippen LogP contribution in [0.25, 0.3) is 0 Å². The first kappa shape index (κ1) is 12.1. The SMILES string of the molecule is CC1=N[C@](C)(c2ccc(N)cc2)N(O)C1(C)C. The third-order valence-electron chi connectivity index (χ3n) is 3.67. The number of rotatable bonds is 1. The molecular formula is C13H19N3O. The maximum absolute atomic E-state index is 10.4. The molecular weight excluding hydrogens is 214 g/mol. The second-order valence-electron chi connectivity index (χ2n) is 5.21. The fourth-order valence-electron chi connectivity index (χ4n) is 2.19. The lowest BCUT2D eigenvalue weighted by Crippen LogP contribution is -2.49. The second-order valence-corrected chi connectivity index (χ2v) is 5.21. The molecule has 1 aliphatic rings. The van der Waals surface area contributed by atoms with Crippen LogP contribution in [-0.4, -0.2) is 21.5 Å². The van der Waals surface area contributed by atoms with Gasteiger partial charge in [0.2, 0.25) is 0 Å². The van der Waals surface area contributed by atoms with E-state index in [4.69, 9.17) is 5.73 Å². The minimum Gasteiger partial charge on any atom is -0.399 e. The predicted octanol–water partition coefficient (Wildman–Crippen LogP) is 2.39. The fourth-order valence-corrected chi connectivity index (χ4v) is 2.19. The van der Waals surface area contributed by atoms with Crippen LogP contribution in [0.1, 0.15) is 33.3 Å². The molecule has 0 radical (unpaired) electrons. The number of nitrogens with zero attached hydrogens (tertiary/aromatic N) is 2. The van der Waals surface area contributed by atoms with Gasteiger partial charge >= 0.3 is 0 Å². The number of nitrogens with two attached hydrogens (primary N) is 1. The smallest absolute Gasteiger partial charge is 0.158 e. The molecule has 0 bridgehead atoms. The molecule has 17 heavy (non-hydrogen) atoms. The zero-order chi connectivity index (χ0) is 12.8. The summed E-state index contributed by atoms with van der Waals surface area (Å²) >= 11 is 0. The Hall–Kier alpha value is -1.39. The first-order valence-corrected chi connectivity index (χ1v) is 5.70. The van der Waals surface area contributed by atoms with E-state index in [1.807, 2.05) is 52.0 Å². The van der Waals surface area contributed by atoms with Crippen LogP contribution in [0.4, 0.5) is 5.69 Å². The fraction of sp³-hybridized carbons (Fsp3) is 0.462. The monoisotopic (exact) mass is 233 g/mol. The Morgan fingerprint density at radius 2 is 1.71 bits per heavy atom. The van der Waals surface area contributed by atoms with E-state index < -0.39 is 11.2 Å². The molecule has 0 aliphatic carbocycles. The zero-order valence-electron chi connectivity index (χ0n) is 10.7. The van der Waals surface area contributed by atoms with Crippen molar-refractivity contribution in [2.24, 2.45) is 4.99 Å². The summed E-state index contributed by atoms with van der Waals surface area (Å²) in [5.74, 6) is 0. The van der Waals surface area contributed by atoms with Gasteiger partial charge in [0.05, 0.1) is 5.54 Å². The van der Waals surface area contributed by atoms with Gasteiger partial charge in [-0.2, -0.15) is 0 Å². The van der Waals surface area contributed by atoms with Gasteiger partial charge in [0.1, 0.15) is 0 Å². The van der Waals surface area contributed by atoms with Gasteiger partial charge < -0.3 is 10.9 Å². The lowest BCUT2D eigenvalue weighted by molar-refractivity contribution is -0.198. The summed E-state index contributed by atoms with van der Waals surface area (Å²) in [6, 6.07) is 7.45. The molecule has 1 aliphatic heterocycles. The molecule has 0 saturated carbocycles. The van der Waals surface area contributed by atoms with Crippen LogP contribution in [-0.2, 0) is 5.66 Å². The molecule has 0 saturated heterocycles. The highest BCUT2D eigenvalue weighted by Gasteiger charge is 2.48. The minimum absolute atomic E-state index is 0.448. The van der Waals surface area contributed by atoms with Crippen LogP contribution in [0, 0.1) is 0 Å². The number of anilines is 1. The van der Waals surface area contributed by atoms with Crippen LogP contribution < -0.4 is 5.73 Å². The average molecular weight is 233 g/mol. The molecule has 92 valence electrons. The van der Waals surface area contributed by atoms with Crippen molar-refractivity contribution in [3.05, 3.63) is 29.8 Å². The molecule has 0 amide bonds. The molecule has 1 aromatic carbocycles. The molecule has 1 atom stereocenters. The molecule has 4 nitrogen and oxygen atoms in total. The molecule has 1 aromatic rings. The highest BCUT2D eigenvalue weighted by Crippen LogP contribution is 2.40. The number of aliphatic imine (C=N–C) groups is 1. The Labute approximate surface area is 102 Å². The highest BCUT2D eigenvalue weighted by atomic mass is 16.5. The van der Waals surface area contributed by atoms with Crippen LogP contribution in [0.2, 0.25) is 0 Å². The molecule has 3 N–H and O–H groups in total. The van der Waals surface area contributed by atoms with E-state index in [0.717, 1.165) is 11.3 Å². The minimum atomic E-state index is -0.735. The maximum atomic E-state index is 10.4. The first-order valence-electron chi connectivity index (χ1n) is 5.70. The number of hydroxylamine groups is 2. The molecule has 0 fully saturated rings. The van der Waals surface area contributed by atoms with Crippen molar-refractivity contribution in [2.45, 2.75) is 38.9 Å². The van der Waals surface area contributed by atoms with E-state index in [1.165, 1.54) is 5.06 Å². The molecule has 0 aromatic heterocycles. The van der Waals surface area contributed by atoms with Crippen molar-refractivity contribution in [3.63, 3.8) is 0 Å². The summed E-state index contributed by atoms with van der Waals surface area (Å²) in [5.41, 5.74) is 7.04. The molecule has 2 rings (SSSR count). The van der Waals surface area contributed by atoms with E-state index in [-0.39, 0.29) is 0 Å². The standard InChI is InChI=1S/C13H19N3O/c1-9-12(2,3)16(17)13(4,15-9)10-5-7-11(14)8-6-10/h5-8,17H,14H2,1-4H3/t13-/m0/s1. The van der Waals surface area contributed by atoms with Gasteiger partial charge in [0, 0.05) is 11.4 Å². The predicted molar refractivity (Wildman–Crippen MR) is 69.0 cm³/mol. The van der Waals surface area contributed by atoms with Gasteiger partial charge in [-0.25, -0.2) is 0 Å². The largest absolute Gasteiger partial charge is 0.399 e. The summed E-state index contributed by atoms with van der Waals surface area (Å²) in [4.78, 5) is 4.61. The lowest BCUT2D eigenvalue weighted by Gasteiger charge is -2.36. The van der Waals surface area contributed by atoms with Gasteiger partial charge in [-0.1, -0.05) is 12.1 Å². The Morgan fingerprint density at radius 1 is 1.18 bits per heavy atom. The summed E-state index contributed by atoms with van der Waals surface area (Å²) < 4.78 is 0. The van der Waals surface area contributed by atoms with E-state index in [2.05, 4.69) is 4.99 Å². The van der Waals surface area contributed by atoms with Gasteiger partial charge in [-0.05, 0) is 45.4 Å². The number of nitrogen functional groups attached to an aromatic ring is 1. The summed E-state index contributed by atoms with van der Waals surface area (Å²) in [6.45, 7) is 7.74. The Morgan fingerprint density at radius 3 is 2.12 bits per heavy atom. The van der Waals surface area contributed by atoms with E-state index in [1.54, 1.807) is 0 Å². The van der Waals surface area contributed by atoms with Crippen molar-refractivity contribution in [3.8, 4) is 0 Å². The number of hydrogen-bond acceptors (Lipinski definition) is 4. The molecule has 0 spiro atoms. The molecule has 4 heteroatoms. The number of hydrogen-bond donors (Lipinski definition) is 2. The highest BCUT2D eigenvalue weighted by molar-refractivity contribution is 5.92. The van der Waals surface area contributed by atoms with Gasteiger partial charge in [-0.3, -0.25) is 4.99 Å². The van der Waals surface area contributed by atoms with Crippen molar-refractivity contribution in [1.82, 2.24) is 5.06 Å². The third kappa shape index (κ3) is 1.64. The van der Waals surface area contributed by atoms with E-state index in [0.29, 0.717) is 5.69 Å².